The monoisotopic (exact) mass is 321 g/mol. The van der Waals surface area contributed by atoms with Crippen molar-refractivity contribution in [2.24, 2.45) is 5.92 Å². The molecule has 2 atom stereocenters. The Hall–Kier alpha value is -1.89. The first-order chi connectivity index (χ1) is 9.72. The summed E-state index contributed by atoms with van der Waals surface area (Å²) < 4.78 is 28.8. The molecule has 1 amide bonds. The molecular weight excluding hydrogens is 308 g/mol. The third-order valence-corrected chi connectivity index (χ3v) is 3.14. The maximum Gasteiger partial charge on any atom is 0.387 e. The Labute approximate surface area is 124 Å². The van der Waals surface area contributed by atoms with E-state index in [2.05, 4.69) is 10.1 Å². The van der Waals surface area contributed by atoms with Gasteiger partial charge >= 0.3 is 12.6 Å². The van der Waals surface area contributed by atoms with Crippen molar-refractivity contribution in [2.75, 3.05) is 0 Å². The molecule has 0 bridgehead atoms. The minimum Gasteiger partial charge on any atom is -0.481 e. The number of amides is 1. The van der Waals surface area contributed by atoms with E-state index >= 15 is 0 Å². The molecule has 0 aliphatic carbocycles. The van der Waals surface area contributed by atoms with Crippen molar-refractivity contribution >= 4 is 23.5 Å². The number of hydrogen-bond acceptors (Lipinski definition) is 3. The molecule has 8 heteroatoms. The SMILES string of the molecule is CC(NC(=O)c1cc(Cl)ccc1OC(F)F)C(C)C(=O)O. The largest absolute Gasteiger partial charge is 0.481 e. The molecule has 0 fully saturated rings. The van der Waals surface area contributed by atoms with Crippen LogP contribution in [0.25, 0.3) is 0 Å². The zero-order valence-electron chi connectivity index (χ0n) is 11.3. The molecule has 0 aliphatic rings. The topological polar surface area (TPSA) is 75.6 Å². The first-order valence-electron chi connectivity index (χ1n) is 6.00. The number of halogens is 3. The molecule has 116 valence electrons. The van der Waals surface area contributed by atoms with E-state index in [1.807, 2.05) is 0 Å². The van der Waals surface area contributed by atoms with Crippen LogP contribution in [0.2, 0.25) is 5.02 Å². The second-order valence-corrected chi connectivity index (χ2v) is 4.84. The van der Waals surface area contributed by atoms with Gasteiger partial charge in [-0.3, -0.25) is 9.59 Å². The fourth-order valence-electron chi connectivity index (χ4n) is 1.50. The lowest BCUT2D eigenvalue weighted by atomic mass is 10.0. The Morgan fingerprint density at radius 2 is 1.95 bits per heavy atom. The van der Waals surface area contributed by atoms with Gasteiger partial charge < -0.3 is 15.2 Å². The van der Waals surface area contributed by atoms with Gasteiger partial charge in [0.25, 0.3) is 5.91 Å². The highest BCUT2D eigenvalue weighted by molar-refractivity contribution is 6.31. The van der Waals surface area contributed by atoms with Crippen molar-refractivity contribution in [3.05, 3.63) is 28.8 Å². The van der Waals surface area contributed by atoms with Crippen molar-refractivity contribution in [3.63, 3.8) is 0 Å². The van der Waals surface area contributed by atoms with Crippen LogP contribution >= 0.6 is 11.6 Å². The molecule has 2 N–H and O–H groups in total. The van der Waals surface area contributed by atoms with Gasteiger partial charge in [0.05, 0.1) is 11.5 Å². The van der Waals surface area contributed by atoms with E-state index in [1.165, 1.54) is 26.0 Å². The number of alkyl halides is 2. The van der Waals surface area contributed by atoms with E-state index < -0.39 is 30.4 Å². The van der Waals surface area contributed by atoms with Crippen LogP contribution in [-0.4, -0.2) is 29.6 Å². The maximum absolute atomic E-state index is 12.3. The molecule has 0 saturated carbocycles. The number of hydrogen-bond donors (Lipinski definition) is 2. The molecule has 1 rings (SSSR count). The van der Waals surface area contributed by atoms with Crippen LogP contribution in [0.4, 0.5) is 8.78 Å². The summed E-state index contributed by atoms with van der Waals surface area (Å²) in [7, 11) is 0. The Bertz CT molecular complexity index is 539. The van der Waals surface area contributed by atoms with Gasteiger partial charge in [-0.25, -0.2) is 0 Å². The lowest BCUT2D eigenvalue weighted by molar-refractivity contribution is -0.141. The van der Waals surface area contributed by atoms with Crippen LogP contribution in [0.3, 0.4) is 0 Å². The van der Waals surface area contributed by atoms with Gasteiger partial charge in [-0.2, -0.15) is 8.78 Å². The van der Waals surface area contributed by atoms with Crippen molar-refractivity contribution in [1.82, 2.24) is 5.32 Å². The van der Waals surface area contributed by atoms with Crippen molar-refractivity contribution in [2.45, 2.75) is 26.5 Å². The van der Waals surface area contributed by atoms with Gasteiger partial charge in [0.1, 0.15) is 5.75 Å². The van der Waals surface area contributed by atoms with Crippen LogP contribution < -0.4 is 10.1 Å². The second kappa shape index (κ2) is 7.21. The fourth-order valence-corrected chi connectivity index (χ4v) is 1.67. The Morgan fingerprint density at radius 3 is 2.48 bits per heavy atom. The molecule has 0 aromatic heterocycles. The number of ether oxygens (including phenoxy) is 1. The number of nitrogens with one attached hydrogen (secondary N) is 1. The number of carboxylic acid groups (broad SMARTS) is 1. The van der Waals surface area contributed by atoms with E-state index in [4.69, 9.17) is 16.7 Å². The number of carboxylic acids is 1. The summed E-state index contributed by atoms with van der Waals surface area (Å²) in [5.41, 5.74) is -0.188. The van der Waals surface area contributed by atoms with E-state index in [9.17, 15) is 18.4 Å². The van der Waals surface area contributed by atoms with Gasteiger partial charge in [0.2, 0.25) is 0 Å². The first-order valence-corrected chi connectivity index (χ1v) is 6.38. The Balaban J connectivity index is 2.95. The molecule has 0 spiro atoms. The van der Waals surface area contributed by atoms with Crippen LogP contribution in [0.1, 0.15) is 24.2 Å². The summed E-state index contributed by atoms with van der Waals surface area (Å²) in [6.07, 6.45) is 0. The Kier molecular flexibility index (Phi) is 5.90. The lowest BCUT2D eigenvalue weighted by Crippen LogP contribution is -2.40. The number of carbonyl (C=O) groups excluding carboxylic acids is 1. The predicted octanol–water partition coefficient (Wildman–Crippen LogP) is 2.78. The fraction of sp³-hybridized carbons (Fsp3) is 0.385. The molecule has 5 nitrogen and oxygen atoms in total. The first kappa shape index (κ1) is 17.2. The average molecular weight is 322 g/mol. The highest BCUT2D eigenvalue weighted by Crippen LogP contribution is 2.24. The normalized spacial score (nSPS) is 13.6. The summed E-state index contributed by atoms with van der Waals surface area (Å²) in [5, 5.41) is 11.4. The van der Waals surface area contributed by atoms with Gasteiger partial charge in [-0.1, -0.05) is 11.6 Å². The molecule has 1 aromatic carbocycles. The smallest absolute Gasteiger partial charge is 0.387 e. The van der Waals surface area contributed by atoms with Gasteiger partial charge in [-0.15, -0.1) is 0 Å². The van der Waals surface area contributed by atoms with E-state index in [1.54, 1.807) is 0 Å². The number of benzene rings is 1. The van der Waals surface area contributed by atoms with E-state index in [0.29, 0.717) is 0 Å². The van der Waals surface area contributed by atoms with Gasteiger partial charge in [0, 0.05) is 11.1 Å². The number of rotatable bonds is 6. The minimum atomic E-state index is -3.09. The Morgan fingerprint density at radius 1 is 1.33 bits per heavy atom. The molecule has 0 radical (unpaired) electrons. The highest BCUT2D eigenvalue weighted by Gasteiger charge is 2.23. The molecule has 1 aromatic rings. The number of carbonyl (C=O) groups is 2. The number of aliphatic carboxylic acids is 1. The summed E-state index contributed by atoms with van der Waals surface area (Å²) in [6, 6.07) is 2.93. The van der Waals surface area contributed by atoms with Crippen molar-refractivity contribution in [1.29, 1.82) is 0 Å². The van der Waals surface area contributed by atoms with Crippen LogP contribution in [0.15, 0.2) is 18.2 Å². The van der Waals surface area contributed by atoms with Crippen LogP contribution in [0, 0.1) is 5.92 Å². The van der Waals surface area contributed by atoms with Crippen molar-refractivity contribution in [3.8, 4) is 5.75 Å². The quantitative estimate of drug-likeness (QED) is 0.844. The minimum absolute atomic E-state index is 0.167. The third-order valence-electron chi connectivity index (χ3n) is 2.90. The molecule has 2 unspecified atom stereocenters. The van der Waals surface area contributed by atoms with E-state index in [0.717, 1.165) is 6.07 Å². The second-order valence-electron chi connectivity index (χ2n) is 4.41. The van der Waals surface area contributed by atoms with Gasteiger partial charge in [-0.05, 0) is 32.0 Å². The summed E-state index contributed by atoms with van der Waals surface area (Å²) in [5.74, 6) is -3.00. The zero-order valence-corrected chi connectivity index (χ0v) is 12.0. The molecule has 0 saturated heterocycles. The maximum atomic E-state index is 12.3. The van der Waals surface area contributed by atoms with Gasteiger partial charge in [0.15, 0.2) is 0 Å². The lowest BCUT2D eigenvalue weighted by Gasteiger charge is -2.19. The predicted molar refractivity (Wildman–Crippen MR) is 71.8 cm³/mol. The molecular formula is C13H14ClF2NO4. The molecule has 0 heterocycles. The zero-order chi connectivity index (χ0) is 16.2. The van der Waals surface area contributed by atoms with E-state index in [-0.39, 0.29) is 16.3 Å². The van der Waals surface area contributed by atoms with Crippen LogP contribution in [-0.2, 0) is 4.79 Å². The average Bonchev–Trinajstić information content (AvgIpc) is 2.38. The van der Waals surface area contributed by atoms with Crippen LogP contribution in [0.5, 0.6) is 5.75 Å². The standard InChI is InChI=1S/C13H14ClF2NO4/c1-6(12(19)20)7(2)17-11(18)9-5-8(14)3-4-10(9)21-13(15)16/h3-7,13H,1-2H3,(H,17,18)(H,19,20). The third kappa shape index (κ3) is 4.86. The highest BCUT2D eigenvalue weighted by atomic mass is 35.5. The molecule has 21 heavy (non-hydrogen) atoms. The summed E-state index contributed by atoms with van der Waals surface area (Å²) in [4.78, 5) is 22.9. The summed E-state index contributed by atoms with van der Waals surface area (Å²) in [6.45, 7) is -0.176. The molecule has 0 aliphatic heterocycles. The van der Waals surface area contributed by atoms with Crippen molar-refractivity contribution < 1.29 is 28.2 Å². The summed E-state index contributed by atoms with van der Waals surface area (Å²) >= 11 is 5.73.